The lowest BCUT2D eigenvalue weighted by Crippen LogP contribution is -2.24. The first-order valence-corrected chi connectivity index (χ1v) is 5.06. The van der Waals surface area contributed by atoms with E-state index in [0.717, 1.165) is 0 Å². The summed E-state index contributed by atoms with van der Waals surface area (Å²) in [6, 6.07) is 6.39. The summed E-state index contributed by atoms with van der Waals surface area (Å²) in [4.78, 5) is 21.8. The van der Waals surface area contributed by atoms with Gasteiger partial charge in [-0.15, -0.1) is 0 Å². The summed E-state index contributed by atoms with van der Waals surface area (Å²) >= 11 is 0. The minimum atomic E-state index is -0.681. The van der Waals surface area contributed by atoms with E-state index in [0.29, 0.717) is 11.5 Å². The van der Waals surface area contributed by atoms with E-state index in [1.807, 2.05) is 0 Å². The van der Waals surface area contributed by atoms with Crippen molar-refractivity contribution in [3.63, 3.8) is 0 Å². The predicted molar refractivity (Wildman–Crippen MR) is 59.9 cm³/mol. The highest BCUT2D eigenvalue weighted by atomic mass is 16.6. The van der Waals surface area contributed by atoms with Crippen LogP contribution in [0, 0.1) is 0 Å². The molecule has 0 aliphatic rings. The Hall–Kier alpha value is -2.04. The number of ether oxygens (including phenoxy) is 3. The monoisotopic (exact) mass is 238 g/mol. The highest BCUT2D eigenvalue weighted by Crippen LogP contribution is 2.18. The number of carbonyl (C=O) groups excluding carboxylic acids is 2. The Morgan fingerprint density at radius 1 is 1.12 bits per heavy atom. The Balaban J connectivity index is 2.62. The van der Waals surface area contributed by atoms with Gasteiger partial charge in [0.05, 0.1) is 7.11 Å². The molecular weight excluding hydrogens is 224 g/mol. The lowest BCUT2D eigenvalue weighted by molar-refractivity contribution is -0.147. The van der Waals surface area contributed by atoms with Crippen molar-refractivity contribution in [2.45, 2.75) is 20.0 Å². The molecule has 0 spiro atoms. The molecule has 0 N–H and O–H groups in total. The van der Waals surface area contributed by atoms with Crippen LogP contribution in [0.2, 0.25) is 0 Å². The molecule has 0 fully saturated rings. The van der Waals surface area contributed by atoms with Crippen LogP contribution in [0.3, 0.4) is 0 Å². The summed E-state index contributed by atoms with van der Waals surface area (Å²) < 4.78 is 14.7. The molecule has 0 aliphatic heterocycles. The first-order chi connectivity index (χ1) is 8.02. The molecule has 0 radical (unpaired) electrons. The normalized spacial score (nSPS) is 11.5. The van der Waals surface area contributed by atoms with Crippen LogP contribution in [-0.4, -0.2) is 25.2 Å². The Morgan fingerprint density at radius 3 is 2.12 bits per heavy atom. The summed E-state index contributed by atoms with van der Waals surface area (Å²) in [5.41, 5.74) is 0. The molecule has 0 amide bonds. The maximum atomic E-state index is 11.1. The summed E-state index contributed by atoms with van der Waals surface area (Å²) in [5.74, 6) is 0.0880. The number of benzene rings is 1. The van der Waals surface area contributed by atoms with Crippen molar-refractivity contribution in [1.29, 1.82) is 0 Å². The van der Waals surface area contributed by atoms with Crippen molar-refractivity contribution < 1.29 is 23.8 Å². The summed E-state index contributed by atoms with van der Waals surface area (Å²) in [5, 5.41) is 0. The molecular formula is C12H14O5. The van der Waals surface area contributed by atoms with Crippen molar-refractivity contribution >= 4 is 11.9 Å². The quantitative estimate of drug-likeness (QED) is 0.588. The fraction of sp³-hybridized carbons (Fsp3) is 0.333. The van der Waals surface area contributed by atoms with E-state index in [2.05, 4.69) is 4.74 Å². The van der Waals surface area contributed by atoms with Crippen molar-refractivity contribution in [3.8, 4) is 11.5 Å². The maximum Gasteiger partial charge on any atom is 0.346 e. The highest BCUT2D eigenvalue weighted by Gasteiger charge is 2.14. The Morgan fingerprint density at radius 2 is 1.65 bits per heavy atom. The van der Waals surface area contributed by atoms with Crippen LogP contribution in [0.5, 0.6) is 11.5 Å². The molecule has 0 heterocycles. The van der Waals surface area contributed by atoms with Crippen LogP contribution in [-0.2, 0) is 14.3 Å². The van der Waals surface area contributed by atoms with E-state index in [1.54, 1.807) is 31.2 Å². The van der Waals surface area contributed by atoms with Gasteiger partial charge < -0.3 is 14.2 Å². The fourth-order valence-corrected chi connectivity index (χ4v) is 1.17. The average molecular weight is 238 g/mol. The molecule has 0 saturated carbocycles. The molecule has 1 unspecified atom stereocenters. The van der Waals surface area contributed by atoms with Gasteiger partial charge in [-0.3, -0.25) is 4.79 Å². The van der Waals surface area contributed by atoms with E-state index in [-0.39, 0.29) is 5.97 Å². The first kappa shape index (κ1) is 13.0. The van der Waals surface area contributed by atoms with E-state index in [9.17, 15) is 9.59 Å². The molecule has 5 nitrogen and oxygen atoms in total. The highest BCUT2D eigenvalue weighted by molar-refractivity contribution is 5.74. The van der Waals surface area contributed by atoms with Crippen LogP contribution in [0.15, 0.2) is 24.3 Å². The maximum absolute atomic E-state index is 11.1. The second-order valence-electron chi connectivity index (χ2n) is 3.35. The first-order valence-electron chi connectivity index (χ1n) is 5.06. The average Bonchev–Trinajstić information content (AvgIpc) is 2.30. The van der Waals surface area contributed by atoms with Crippen LogP contribution in [0.4, 0.5) is 0 Å². The third kappa shape index (κ3) is 4.14. The summed E-state index contributed by atoms with van der Waals surface area (Å²) in [7, 11) is 1.30. The van der Waals surface area contributed by atoms with E-state index in [4.69, 9.17) is 9.47 Å². The third-order valence-corrected chi connectivity index (χ3v) is 1.93. The smallest absolute Gasteiger partial charge is 0.346 e. The van der Waals surface area contributed by atoms with Gasteiger partial charge in [-0.25, -0.2) is 4.79 Å². The Bertz CT molecular complexity index is 396. The van der Waals surface area contributed by atoms with E-state index < -0.39 is 12.1 Å². The van der Waals surface area contributed by atoms with Crippen molar-refractivity contribution in [2.24, 2.45) is 0 Å². The predicted octanol–water partition coefficient (Wildman–Crippen LogP) is 1.55. The van der Waals surface area contributed by atoms with E-state index >= 15 is 0 Å². The van der Waals surface area contributed by atoms with Gasteiger partial charge in [-0.1, -0.05) is 0 Å². The van der Waals surface area contributed by atoms with Gasteiger partial charge in [0.15, 0.2) is 6.10 Å². The number of carbonyl (C=O) groups is 2. The molecule has 0 bridgehead atoms. The number of hydrogen-bond acceptors (Lipinski definition) is 5. The largest absolute Gasteiger partial charge is 0.479 e. The van der Waals surface area contributed by atoms with Gasteiger partial charge >= 0.3 is 11.9 Å². The molecule has 0 saturated heterocycles. The summed E-state index contributed by atoms with van der Waals surface area (Å²) in [6.07, 6.45) is -0.681. The number of methoxy groups -OCH3 is 1. The molecule has 17 heavy (non-hydrogen) atoms. The standard InChI is InChI=1S/C12H14O5/c1-8(12(14)15-3)16-10-4-6-11(7-5-10)17-9(2)13/h4-8H,1-3H3. The van der Waals surface area contributed by atoms with Crippen LogP contribution in [0.1, 0.15) is 13.8 Å². The van der Waals surface area contributed by atoms with Gasteiger partial charge in [-0.05, 0) is 31.2 Å². The number of esters is 2. The van der Waals surface area contributed by atoms with Gasteiger partial charge in [0, 0.05) is 6.92 Å². The molecule has 0 aliphatic carbocycles. The van der Waals surface area contributed by atoms with Crippen molar-refractivity contribution in [3.05, 3.63) is 24.3 Å². The molecule has 1 rings (SSSR count). The second kappa shape index (κ2) is 5.89. The number of hydrogen-bond donors (Lipinski definition) is 0. The Labute approximate surface area is 99.3 Å². The van der Waals surface area contributed by atoms with Gasteiger partial charge in [0.1, 0.15) is 11.5 Å². The summed E-state index contributed by atoms with van der Waals surface area (Å²) in [6.45, 7) is 2.91. The molecule has 1 aromatic rings. The minimum Gasteiger partial charge on any atom is -0.479 e. The van der Waals surface area contributed by atoms with Gasteiger partial charge in [-0.2, -0.15) is 0 Å². The second-order valence-corrected chi connectivity index (χ2v) is 3.35. The van der Waals surface area contributed by atoms with E-state index in [1.165, 1.54) is 14.0 Å². The minimum absolute atomic E-state index is 0.387. The van der Waals surface area contributed by atoms with Crippen molar-refractivity contribution in [1.82, 2.24) is 0 Å². The molecule has 1 atom stereocenters. The Kier molecular flexibility index (Phi) is 4.51. The zero-order chi connectivity index (χ0) is 12.8. The zero-order valence-electron chi connectivity index (χ0n) is 9.93. The lowest BCUT2D eigenvalue weighted by atomic mass is 10.3. The third-order valence-electron chi connectivity index (χ3n) is 1.93. The van der Waals surface area contributed by atoms with Crippen LogP contribution >= 0.6 is 0 Å². The van der Waals surface area contributed by atoms with Crippen molar-refractivity contribution in [2.75, 3.05) is 7.11 Å². The fourth-order valence-electron chi connectivity index (χ4n) is 1.17. The molecule has 0 aromatic heterocycles. The topological polar surface area (TPSA) is 61.8 Å². The molecule has 1 aromatic carbocycles. The molecule has 92 valence electrons. The zero-order valence-corrected chi connectivity index (χ0v) is 9.93. The van der Waals surface area contributed by atoms with Gasteiger partial charge in [0.25, 0.3) is 0 Å². The van der Waals surface area contributed by atoms with Crippen LogP contribution in [0.25, 0.3) is 0 Å². The molecule has 5 heteroatoms. The lowest BCUT2D eigenvalue weighted by Gasteiger charge is -2.12. The van der Waals surface area contributed by atoms with Crippen LogP contribution < -0.4 is 9.47 Å². The SMILES string of the molecule is COC(=O)C(C)Oc1ccc(OC(C)=O)cc1. The van der Waals surface area contributed by atoms with Gasteiger partial charge in [0.2, 0.25) is 0 Å². The number of rotatable bonds is 4.